The van der Waals surface area contributed by atoms with Crippen molar-refractivity contribution in [1.82, 2.24) is 16.2 Å². The van der Waals surface area contributed by atoms with Gasteiger partial charge in [-0.05, 0) is 49.4 Å². The molecule has 0 fully saturated rings. The van der Waals surface area contributed by atoms with Crippen LogP contribution in [0.1, 0.15) is 47.7 Å². The lowest BCUT2D eigenvalue weighted by Gasteiger charge is -2.21. The van der Waals surface area contributed by atoms with Crippen molar-refractivity contribution in [1.29, 1.82) is 0 Å². The number of thiophene rings is 1. The van der Waals surface area contributed by atoms with E-state index >= 15 is 0 Å². The molecule has 0 bridgehead atoms. The zero-order valence-electron chi connectivity index (χ0n) is 17.6. The Morgan fingerprint density at radius 3 is 2.27 bits per heavy atom. The minimum atomic E-state index is -0.809. The summed E-state index contributed by atoms with van der Waals surface area (Å²) in [6.45, 7) is 7.38. The number of methoxy groups -OCH3 is 1. The monoisotopic (exact) mass is 433 g/mol. The third kappa shape index (κ3) is 6.21. The molecule has 0 radical (unpaired) electrons. The van der Waals surface area contributed by atoms with Gasteiger partial charge in [0.1, 0.15) is 6.04 Å². The second kappa shape index (κ2) is 10.6. The summed E-state index contributed by atoms with van der Waals surface area (Å²) in [7, 11) is 1.48. The second-order valence-corrected chi connectivity index (χ2v) is 8.10. The van der Waals surface area contributed by atoms with Gasteiger partial charge in [0, 0.05) is 5.56 Å². The van der Waals surface area contributed by atoms with Gasteiger partial charge in [-0.25, -0.2) is 0 Å². The number of hydrazine groups is 1. The van der Waals surface area contributed by atoms with Crippen LogP contribution in [0, 0.1) is 5.92 Å². The number of hydrogen-bond donors (Lipinski definition) is 3. The van der Waals surface area contributed by atoms with Crippen molar-refractivity contribution in [3.05, 3.63) is 46.2 Å². The van der Waals surface area contributed by atoms with Gasteiger partial charge in [0.2, 0.25) is 0 Å². The average Bonchev–Trinajstić information content (AvgIpc) is 3.24. The fourth-order valence-corrected chi connectivity index (χ4v) is 3.21. The highest BCUT2D eigenvalue weighted by atomic mass is 32.1. The maximum Gasteiger partial charge on any atom is 0.269 e. The minimum absolute atomic E-state index is 0.0461. The molecule has 1 aromatic heterocycles. The topological polar surface area (TPSA) is 106 Å². The second-order valence-electron chi connectivity index (χ2n) is 7.15. The fraction of sp³-hybridized carbons (Fsp3) is 0.381. The summed E-state index contributed by atoms with van der Waals surface area (Å²) in [4.78, 5) is 37.8. The highest BCUT2D eigenvalue weighted by Gasteiger charge is 2.25. The molecule has 0 saturated heterocycles. The predicted molar refractivity (Wildman–Crippen MR) is 115 cm³/mol. The number of carbonyl (C=O) groups is 3. The van der Waals surface area contributed by atoms with Gasteiger partial charge in [-0.3, -0.25) is 25.2 Å². The first kappa shape index (κ1) is 23.2. The van der Waals surface area contributed by atoms with Crippen LogP contribution in [0.2, 0.25) is 0 Å². The number of rotatable bonds is 8. The molecule has 3 N–H and O–H groups in total. The molecular formula is C21H27N3O5S. The zero-order valence-corrected chi connectivity index (χ0v) is 18.5. The van der Waals surface area contributed by atoms with Gasteiger partial charge in [0.25, 0.3) is 17.7 Å². The quantitative estimate of drug-likeness (QED) is 0.555. The van der Waals surface area contributed by atoms with E-state index in [1.54, 1.807) is 43.5 Å². The van der Waals surface area contributed by atoms with Crippen LogP contribution in [0.25, 0.3) is 0 Å². The van der Waals surface area contributed by atoms with Crippen LogP contribution in [-0.2, 0) is 4.79 Å². The first-order valence-corrected chi connectivity index (χ1v) is 10.4. The summed E-state index contributed by atoms with van der Waals surface area (Å²) in [5, 5.41) is 4.48. The number of hydrogen-bond acceptors (Lipinski definition) is 6. The molecule has 2 rings (SSSR count). The van der Waals surface area contributed by atoms with E-state index < -0.39 is 17.9 Å². The molecule has 0 aliphatic heterocycles. The van der Waals surface area contributed by atoms with E-state index in [9.17, 15) is 14.4 Å². The summed E-state index contributed by atoms with van der Waals surface area (Å²) in [5.74, 6) is -0.635. The molecule has 2 aromatic rings. The van der Waals surface area contributed by atoms with Crippen molar-refractivity contribution in [2.75, 3.05) is 7.11 Å². The summed E-state index contributed by atoms with van der Waals surface area (Å²) in [6.07, 6.45) is -0.0461. The first-order valence-electron chi connectivity index (χ1n) is 9.52. The summed E-state index contributed by atoms with van der Waals surface area (Å²) < 4.78 is 10.9. The van der Waals surface area contributed by atoms with Crippen LogP contribution in [0.5, 0.6) is 11.5 Å². The normalized spacial score (nSPS) is 11.7. The molecule has 0 aliphatic carbocycles. The standard InChI is InChI=1S/C21H27N3O5S/c1-12(2)18(22-20(26)17-7-6-10-30-17)21(27)24-23-19(25)14-8-9-15(29-13(3)4)16(11-14)28-5/h6-13,18H,1-5H3,(H,22,26)(H,23,25)(H,24,27)/t18-/m0/s1. The molecule has 162 valence electrons. The van der Waals surface area contributed by atoms with E-state index in [-0.39, 0.29) is 23.5 Å². The highest BCUT2D eigenvalue weighted by Crippen LogP contribution is 2.28. The van der Waals surface area contributed by atoms with Crippen molar-refractivity contribution in [2.45, 2.75) is 39.8 Å². The van der Waals surface area contributed by atoms with E-state index in [2.05, 4.69) is 16.2 Å². The number of amides is 3. The molecule has 1 heterocycles. The summed E-state index contributed by atoms with van der Waals surface area (Å²) >= 11 is 1.28. The van der Waals surface area contributed by atoms with Gasteiger partial charge in [-0.1, -0.05) is 19.9 Å². The van der Waals surface area contributed by atoms with Gasteiger partial charge < -0.3 is 14.8 Å². The van der Waals surface area contributed by atoms with Crippen LogP contribution in [0.3, 0.4) is 0 Å². The third-order valence-electron chi connectivity index (χ3n) is 4.07. The van der Waals surface area contributed by atoms with Crippen LogP contribution in [0.15, 0.2) is 35.7 Å². The molecule has 3 amide bonds. The summed E-state index contributed by atoms with van der Waals surface area (Å²) in [5.41, 5.74) is 5.03. The highest BCUT2D eigenvalue weighted by molar-refractivity contribution is 7.12. The van der Waals surface area contributed by atoms with E-state index in [4.69, 9.17) is 9.47 Å². The molecular weight excluding hydrogens is 406 g/mol. The molecule has 0 unspecified atom stereocenters. The maximum absolute atomic E-state index is 12.5. The Bertz CT molecular complexity index is 881. The van der Waals surface area contributed by atoms with Crippen molar-refractivity contribution >= 4 is 29.1 Å². The van der Waals surface area contributed by atoms with Crippen molar-refractivity contribution in [3.8, 4) is 11.5 Å². The number of carbonyl (C=O) groups excluding carboxylic acids is 3. The van der Waals surface area contributed by atoms with E-state index in [0.717, 1.165) is 0 Å². The SMILES string of the molecule is COc1cc(C(=O)NNC(=O)[C@@H](NC(=O)c2cccs2)C(C)C)ccc1OC(C)C. The zero-order chi connectivity index (χ0) is 22.3. The lowest BCUT2D eigenvalue weighted by atomic mass is 10.0. The van der Waals surface area contributed by atoms with Crippen LogP contribution < -0.4 is 25.6 Å². The van der Waals surface area contributed by atoms with Gasteiger partial charge in [0.05, 0.1) is 18.1 Å². The fourth-order valence-electron chi connectivity index (χ4n) is 2.58. The Morgan fingerprint density at radius 2 is 1.70 bits per heavy atom. The number of nitrogens with one attached hydrogen (secondary N) is 3. The molecule has 1 aromatic carbocycles. The molecule has 1 atom stereocenters. The molecule has 0 saturated carbocycles. The Morgan fingerprint density at radius 1 is 0.967 bits per heavy atom. The van der Waals surface area contributed by atoms with Crippen LogP contribution in [-0.4, -0.2) is 37.0 Å². The van der Waals surface area contributed by atoms with Crippen molar-refractivity contribution < 1.29 is 23.9 Å². The third-order valence-corrected chi connectivity index (χ3v) is 4.94. The van der Waals surface area contributed by atoms with Crippen LogP contribution in [0.4, 0.5) is 0 Å². The maximum atomic E-state index is 12.5. The lowest BCUT2D eigenvalue weighted by molar-refractivity contribution is -0.124. The largest absolute Gasteiger partial charge is 0.493 e. The van der Waals surface area contributed by atoms with Gasteiger partial charge in [-0.15, -0.1) is 11.3 Å². The number of benzene rings is 1. The lowest BCUT2D eigenvalue weighted by Crippen LogP contribution is -2.54. The molecule has 8 nitrogen and oxygen atoms in total. The smallest absolute Gasteiger partial charge is 0.269 e. The van der Waals surface area contributed by atoms with Gasteiger partial charge in [-0.2, -0.15) is 0 Å². The molecule has 9 heteroatoms. The van der Waals surface area contributed by atoms with E-state index in [1.807, 2.05) is 13.8 Å². The molecule has 0 spiro atoms. The Labute approximate surface area is 179 Å². The Kier molecular flexibility index (Phi) is 8.23. The van der Waals surface area contributed by atoms with Gasteiger partial charge >= 0.3 is 0 Å². The van der Waals surface area contributed by atoms with Crippen molar-refractivity contribution in [2.24, 2.45) is 5.92 Å². The van der Waals surface area contributed by atoms with Crippen molar-refractivity contribution in [3.63, 3.8) is 0 Å². The molecule has 0 aliphatic rings. The minimum Gasteiger partial charge on any atom is -0.493 e. The van der Waals surface area contributed by atoms with Gasteiger partial charge in [0.15, 0.2) is 11.5 Å². The average molecular weight is 434 g/mol. The summed E-state index contributed by atoms with van der Waals surface area (Å²) in [6, 6.07) is 7.36. The number of ether oxygens (including phenoxy) is 2. The Hall–Kier alpha value is -3.07. The van der Waals surface area contributed by atoms with E-state index in [0.29, 0.717) is 16.4 Å². The first-order chi connectivity index (χ1) is 14.2. The van der Waals surface area contributed by atoms with Crippen LogP contribution >= 0.6 is 11.3 Å². The predicted octanol–water partition coefficient (Wildman–Crippen LogP) is 2.76. The van der Waals surface area contributed by atoms with E-state index in [1.165, 1.54) is 24.5 Å². The molecule has 30 heavy (non-hydrogen) atoms. The Balaban J connectivity index is 2.01.